The molecule has 0 aromatic heterocycles. The van der Waals surface area contributed by atoms with Crippen molar-refractivity contribution >= 4 is 22.9 Å². The van der Waals surface area contributed by atoms with Gasteiger partial charge in [0.05, 0.1) is 5.41 Å². The molecule has 3 atom stereocenters. The van der Waals surface area contributed by atoms with E-state index >= 15 is 0 Å². The predicted molar refractivity (Wildman–Crippen MR) is 199 cm³/mol. The molecule has 0 radical (unpaired) electrons. The molecule has 1 fully saturated rings. The van der Waals surface area contributed by atoms with Crippen LogP contribution in [0.1, 0.15) is 108 Å². The first-order valence-corrected chi connectivity index (χ1v) is 18.4. The lowest BCUT2D eigenvalue weighted by Crippen LogP contribution is -2.28. The zero-order valence-corrected chi connectivity index (χ0v) is 30.1. The van der Waals surface area contributed by atoms with Crippen LogP contribution in [0.2, 0.25) is 0 Å². The van der Waals surface area contributed by atoms with E-state index in [1.54, 1.807) is 0 Å². The van der Waals surface area contributed by atoms with Gasteiger partial charge in [-0.15, -0.1) is 0 Å². The molecule has 0 N–H and O–H groups in total. The molecular weight excluding hydrogens is 572 g/mol. The number of nitrogens with zero attached hydrogens (tertiary/aromatic N) is 2. The number of anilines is 1. The molecule has 248 valence electrons. The largest absolute Gasteiger partial charge is 0.344 e. The van der Waals surface area contributed by atoms with Gasteiger partial charge in [0, 0.05) is 60.3 Å². The van der Waals surface area contributed by atoms with Gasteiger partial charge in [0.25, 0.3) is 0 Å². The highest BCUT2D eigenvalue weighted by Crippen LogP contribution is 2.48. The molecule has 2 heterocycles. The van der Waals surface area contributed by atoms with Gasteiger partial charge in [0.2, 0.25) is 5.69 Å². The quantitative estimate of drug-likeness (QED) is 0.0952. The molecule has 47 heavy (non-hydrogen) atoms. The minimum atomic E-state index is -0.0685. The number of Topliss-reactive ketones (excluding diaryl/α,β-unsaturated/α-hetero) is 1. The highest BCUT2D eigenvalue weighted by Gasteiger charge is 2.44. The maximum absolute atomic E-state index is 12.7. The van der Waals surface area contributed by atoms with Crippen LogP contribution in [0.5, 0.6) is 0 Å². The number of carbonyl (C=O) groups is 1. The first kappa shape index (κ1) is 33.4. The Morgan fingerprint density at radius 3 is 2.36 bits per heavy atom. The van der Waals surface area contributed by atoms with Crippen LogP contribution in [0.25, 0.3) is 0 Å². The molecule has 2 aromatic carbocycles. The second-order valence-electron chi connectivity index (χ2n) is 15.8. The summed E-state index contributed by atoms with van der Waals surface area (Å²) in [5, 5.41) is 0. The highest BCUT2D eigenvalue weighted by molar-refractivity contribution is 6.03. The van der Waals surface area contributed by atoms with Crippen LogP contribution in [0.3, 0.4) is 0 Å². The van der Waals surface area contributed by atoms with Gasteiger partial charge >= 0.3 is 0 Å². The lowest BCUT2D eigenvalue weighted by atomic mass is 9.81. The number of allylic oxidation sites excluding steroid dienone is 8. The summed E-state index contributed by atoms with van der Waals surface area (Å²) in [6, 6.07) is 13.8. The summed E-state index contributed by atoms with van der Waals surface area (Å²) in [6.45, 7) is 18.0. The normalized spacial score (nSPS) is 24.4. The Balaban J connectivity index is 1.10. The zero-order valence-electron chi connectivity index (χ0n) is 30.1. The molecule has 1 saturated carbocycles. The molecule has 4 aliphatic rings. The van der Waals surface area contributed by atoms with Gasteiger partial charge < -0.3 is 4.90 Å². The summed E-state index contributed by atoms with van der Waals surface area (Å²) in [7, 11) is 0. The molecule has 2 aliphatic carbocycles. The fraction of sp³-hybridized carbons (Fsp3) is 0.500. The van der Waals surface area contributed by atoms with E-state index in [-0.39, 0.29) is 10.8 Å². The number of likely N-dealkylation sites (N-methyl/N-ethyl adjacent to an activating group) is 1. The van der Waals surface area contributed by atoms with Crippen molar-refractivity contribution in [2.45, 2.75) is 111 Å². The molecule has 2 aliphatic heterocycles. The predicted octanol–water partition coefficient (Wildman–Crippen LogP) is 10.6. The lowest BCUT2D eigenvalue weighted by Gasteiger charge is -2.25. The van der Waals surface area contributed by atoms with Crippen LogP contribution in [0.4, 0.5) is 11.4 Å². The Bertz CT molecular complexity index is 1660. The fourth-order valence-electron chi connectivity index (χ4n) is 8.98. The third-order valence-corrected chi connectivity index (χ3v) is 11.7. The van der Waals surface area contributed by atoms with Crippen molar-refractivity contribution in [3.05, 3.63) is 107 Å². The third-order valence-electron chi connectivity index (χ3n) is 11.7. The van der Waals surface area contributed by atoms with Crippen LogP contribution in [0, 0.1) is 31.6 Å². The molecule has 0 amide bonds. The van der Waals surface area contributed by atoms with Gasteiger partial charge in [-0.3, -0.25) is 4.79 Å². The van der Waals surface area contributed by atoms with Crippen molar-refractivity contribution in [1.82, 2.24) is 0 Å². The van der Waals surface area contributed by atoms with Gasteiger partial charge in [-0.25, -0.2) is 0 Å². The smallest absolute Gasteiger partial charge is 0.209 e. The van der Waals surface area contributed by atoms with Crippen molar-refractivity contribution in [3.63, 3.8) is 0 Å². The lowest BCUT2D eigenvalue weighted by molar-refractivity contribution is -0.438. The fourth-order valence-corrected chi connectivity index (χ4v) is 8.98. The summed E-state index contributed by atoms with van der Waals surface area (Å²) in [5.74, 6) is 2.78. The topological polar surface area (TPSA) is 23.3 Å². The maximum atomic E-state index is 12.7. The monoisotopic (exact) mass is 629 g/mol. The summed E-state index contributed by atoms with van der Waals surface area (Å²) < 4.78 is 2.54. The molecule has 0 saturated heterocycles. The molecule has 6 rings (SSSR count). The minimum absolute atomic E-state index is 0.0260. The minimum Gasteiger partial charge on any atom is -0.344 e. The number of benzene rings is 2. The van der Waals surface area contributed by atoms with E-state index in [1.807, 2.05) is 0 Å². The second-order valence-corrected chi connectivity index (χ2v) is 15.8. The Morgan fingerprint density at radius 1 is 0.872 bits per heavy atom. The van der Waals surface area contributed by atoms with Crippen molar-refractivity contribution < 1.29 is 9.37 Å². The number of hydrogen-bond acceptors (Lipinski definition) is 2. The van der Waals surface area contributed by atoms with E-state index < -0.39 is 0 Å². The average molecular weight is 630 g/mol. The molecule has 1 unspecified atom stereocenters. The SMILES string of the molecule is CCN1C(=CC=CC=CC2=[N+](CCCCCC(=O)CC[C@@H]3CC4C=C[C@H]3C4)c3ccc(C)cc3C2(C)C)C(C)(C)c2cc(C)ccc21. The molecule has 2 aromatic rings. The number of unbranched alkanes of at least 4 members (excludes halogenated alkanes) is 2. The highest BCUT2D eigenvalue weighted by atomic mass is 16.1. The van der Waals surface area contributed by atoms with E-state index in [0.29, 0.717) is 5.78 Å². The Hall–Kier alpha value is -3.46. The van der Waals surface area contributed by atoms with Crippen LogP contribution in [-0.4, -0.2) is 29.2 Å². The van der Waals surface area contributed by atoms with Gasteiger partial charge in [-0.05, 0) is 108 Å². The van der Waals surface area contributed by atoms with Gasteiger partial charge in [-0.2, -0.15) is 4.58 Å². The van der Waals surface area contributed by atoms with E-state index in [1.165, 1.54) is 57.9 Å². The van der Waals surface area contributed by atoms with E-state index in [9.17, 15) is 4.79 Å². The number of hydrogen-bond donors (Lipinski definition) is 0. The van der Waals surface area contributed by atoms with E-state index in [0.717, 1.165) is 69.4 Å². The second kappa shape index (κ2) is 13.6. The summed E-state index contributed by atoms with van der Waals surface area (Å²) in [5.41, 5.74) is 10.7. The first-order valence-electron chi connectivity index (χ1n) is 18.4. The van der Waals surface area contributed by atoms with E-state index in [2.05, 4.69) is 137 Å². The summed E-state index contributed by atoms with van der Waals surface area (Å²) in [4.78, 5) is 15.2. The van der Waals surface area contributed by atoms with Crippen molar-refractivity contribution in [1.29, 1.82) is 0 Å². The Labute approximate surface area is 284 Å². The standard InChI is InChI=1S/C44H57N2O/c1-8-45-39-24-18-31(2)27-37(39)43(4,5)41(45)16-12-9-13-17-42-44(6,7)38-28-32(3)19-25-40(38)46(42)26-14-10-11-15-36(47)23-22-35-30-33-20-21-34(35)29-33/h9,12-13,16-21,24-25,27-28,33-35H,8,10-11,14-15,22-23,26,29-30H2,1-7H3/q+1/t33?,34-,35+/m0/s1. The summed E-state index contributed by atoms with van der Waals surface area (Å²) in [6.07, 6.45) is 24.5. The van der Waals surface area contributed by atoms with Crippen molar-refractivity contribution in [2.24, 2.45) is 17.8 Å². The molecule has 0 spiro atoms. The first-order chi connectivity index (χ1) is 22.5. The van der Waals surface area contributed by atoms with Gasteiger partial charge in [-0.1, -0.05) is 73.6 Å². The summed E-state index contributed by atoms with van der Waals surface area (Å²) >= 11 is 0. The molecular formula is C44H57N2O+. The number of aryl methyl sites for hydroxylation is 2. The average Bonchev–Trinajstić information content (AvgIpc) is 3.76. The van der Waals surface area contributed by atoms with E-state index in [4.69, 9.17) is 0 Å². The van der Waals surface area contributed by atoms with Crippen LogP contribution in [0.15, 0.2) is 84.6 Å². The number of carbonyl (C=O) groups excluding carboxylic acids is 1. The Morgan fingerprint density at radius 2 is 1.64 bits per heavy atom. The van der Waals surface area contributed by atoms with Crippen molar-refractivity contribution in [3.8, 4) is 0 Å². The molecule has 3 nitrogen and oxygen atoms in total. The Kier molecular flexibility index (Phi) is 9.66. The van der Waals surface area contributed by atoms with Crippen molar-refractivity contribution in [2.75, 3.05) is 18.0 Å². The maximum Gasteiger partial charge on any atom is 0.209 e. The number of fused-ring (bicyclic) bond motifs is 4. The third kappa shape index (κ3) is 6.65. The molecule has 2 bridgehead atoms. The van der Waals surface area contributed by atoms with Gasteiger partial charge in [0.15, 0.2) is 5.71 Å². The van der Waals surface area contributed by atoms with Gasteiger partial charge in [0.1, 0.15) is 12.3 Å². The zero-order chi connectivity index (χ0) is 33.3. The molecule has 3 heteroatoms. The van der Waals surface area contributed by atoms with Crippen LogP contribution in [-0.2, 0) is 15.6 Å². The number of ketones is 1. The number of rotatable bonds is 13. The van der Waals surface area contributed by atoms with Crippen LogP contribution >= 0.6 is 0 Å². The van der Waals surface area contributed by atoms with Crippen LogP contribution < -0.4 is 4.90 Å².